The van der Waals surface area contributed by atoms with Gasteiger partial charge in [0.25, 0.3) is 0 Å². The first-order chi connectivity index (χ1) is 14.5. The van der Waals surface area contributed by atoms with Gasteiger partial charge in [-0.2, -0.15) is 0 Å². The predicted octanol–water partition coefficient (Wildman–Crippen LogP) is 2.46. The molecule has 8 nitrogen and oxygen atoms in total. The van der Waals surface area contributed by atoms with Gasteiger partial charge in [0.15, 0.2) is 17.5 Å². The normalized spacial score (nSPS) is 16.8. The SMILES string of the molecule is CS(=O)(=O)CCCN=C(NCCCOCC1CC1)Nc1ccc2c(c1)OCCCO2. The highest BCUT2D eigenvalue weighted by Crippen LogP contribution is 2.32. The van der Waals surface area contributed by atoms with Crippen LogP contribution in [0.5, 0.6) is 11.5 Å². The first-order valence-electron chi connectivity index (χ1n) is 10.7. The number of hydrogen-bond acceptors (Lipinski definition) is 6. The van der Waals surface area contributed by atoms with Crippen LogP contribution < -0.4 is 20.1 Å². The van der Waals surface area contributed by atoms with Gasteiger partial charge in [-0.25, -0.2) is 8.42 Å². The van der Waals surface area contributed by atoms with E-state index < -0.39 is 9.84 Å². The van der Waals surface area contributed by atoms with Crippen LogP contribution >= 0.6 is 0 Å². The number of rotatable bonds is 11. The Bertz CT molecular complexity index is 809. The molecular weight excluding hydrogens is 406 g/mol. The fourth-order valence-corrected chi connectivity index (χ4v) is 3.60. The zero-order chi connectivity index (χ0) is 21.2. The molecule has 0 radical (unpaired) electrons. The van der Waals surface area contributed by atoms with Crippen LogP contribution in [0, 0.1) is 5.92 Å². The molecule has 1 saturated carbocycles. The van der Waals surface area contributed by atoms with Crippen molar-refractivity contribution >= 4 is 21.5 Å². The number of aliphatic imine (C=N–C) groups is 1. The number of anilines is 1. The molecule has 30 heavy (non-hydrogen) atoms. The number of nitrogens with zero attached hydrogens (tertiary/aromatic N) is 1. The number of benzene rings is 1. The summed E-state index contributed by atoms with van der Waals surface area (Å²) in [6.07, 6.45) is 6.04. The molecule has 1 aromatic carbocycles. The van der Waals surface area contributed by atoms with Crippen molar-refractivity contribution in [3.05, 3.63) is 18.2 Å². The standard InChI is InChI=1S/C21H33N3O5S/c1-30(25,26)14-3-10-23-21(22-9-2-11-27-16-17-5-6-17)24-18-7-8-19-20(15-18)29-13-4-12-28-19/h7-8,15,17H,2-6,9-14,16H2,1H3,(H2,22,23,24). The number of ether oxygens (including phenoxy) is 3. The minimum atomic E-state index is -2.98. The van der Waals surface area contributed by atoms with E-state index in [4.69, 9.17) is 14.2 Å². The number of fused-ring (bicyclic) bond motifs is 1. The molecule has 168 valence electrons. The molecule has 1 aliphatic carbocycles. The zero-order valence-corrected chi connectivity index (χ0v) is 18.5. The van der Waals surface area contributed by atoms with Gasteiger partial charge < -0.3 is 24.8 Å². The molecule has 2 aliphatic rings. The number of hydrogen-bond donors (Lipinski definition) is 2. The minimum Gasteiger partial charge on any atom is -0.490 e. The molecule has 0 spiro atoms. The van der Waals surface area contributed by atoms with Crippen LogP contribution in [-0.2, 0) is 14.6 Å². The second-order valence-electron chi connectivity index (χ2n) is 7.85. The van der Waals surface area contributed by atoms with Gasteiger partial charge in [0.1, 0.15) is 9.84 Å². The lowest BCUT2D eigenvalue weighted by Gasteiger charge is -2.15. The average molecular weight is 440 g/mol. The summed E-state index contributed by atoms with van der Waals surface area (Å²) >= 11 is 0. The average Bonchev–Trinajstić information content (AvgIpc) is 3.53. The second-order valence-corrected chi connectivity index (χ2v) is 10.1. The zero-order valence-electron chi connectivity index (χ0n) is 17.7. The summed E-state index contributed by atoms with van der Waals surface area (Å²) in [6.45, 7) is 3.99. The van der Waals surface area contributed by atoms with Crippen molar-refractivity contribution in [2.45, 2.75) is 32.1 Å². The molecule has 1 heterocycles. The fourth-order valence-electron chi connectivity index (χ4n) is 2.95. The lowest BCUT2D eigenvalue weighted by Crippen LogP contribution is -2.32. The lowest BCUT2D eigenvalue weighted by atomic mass is 10.2. The Morgan fingerprint density at radius 1 is 1.20 bits per heavy atom. The maximum Gasteiger partial charge on any atom is 0.195 e. The van der Waals surface area contributed by atoms with Crippen LogP contribution in [0.4, 0.5) is 5.69 Å². The smallest absolute Gasteiger partial charge is 0.195 e. The minimum absolute atomic E-state index is 0.128. The maximum atomic E-state index is 11.3. The Morgan fingerprint density at radius 3 is 2.77 bits per heavy atom. The second kappa shape index (κ2) is 11.4. The van der Waals surface area contributed by atoms with E-state index in [1.54, 1.807) is 0 Å². The van der Waals surface area contributed by atoms with E-state index in [1.807, 2.05) is 18.2 Å². The third kappa shape index (κ3) is 8.79. The summed E-state index contributed by atoms with van der Waals surface area (Å²) in [5.74, 6) is 2.96. The van der Waals surface area contributed by atoms with Crippen molar-refractivity contribution in [3.8, 4) is 11.5 Å². The van der Waals surface area contributed by atoms with Crippen molar-refractivity contribution in [1.29, 1.82) is 0 Å². The van der Waals surface area contributed by atoms with E-state index in [2.05, 4.69) is 15.6 Å². The summed E-state index contributed by atoms with van der Waals surface area (Å²) < 4.78 is 39.8. The Morgan fingerprint density at radius 2 is 2.00 bits per heavy atom. The Hall–Kier alpha value is -2.00. The molecule has 1 aliphatic heterocycles. The van der Waals surface area contributed by atoms with E-state index in [0.29, 0.717) is 44.4 Å². The lowest BCUT2D eigenvalue weighted by molar-refractivity contribution is 0.123. The van der Waals surface area contributed by atoms with E-state index in [0.717, 1.165) is 43.4 Å². The summed E-state index contributed by atoms with van der Waals surface area (Å²) in [5, 5.41) is 6.58. The van der Waals surface area contributed by atoms with E-state index in [-0.39, 0.29) is 5.75 Å². The largest absolute Gasteiger partial charge is 0.490 e. The topological polar surface area (TPSA) is 98.3 Å². The van der Waals surface area contributed by atoms with Crippen molar-refractivity contribution in [2.24, 2.45) is 10.9 Å². The van der Waals surface area contributed by atoms with Gasteiger partial charge in [-0.3, -0.25) is 4.99 Å². The quantitative estimate of drug-likeness (QED) is 0.310. The van der Waals surface area contributed by atoms with E-state index >= 15 is 0 Å². The maximum absolute atomic E-state index is 11.3. The molecule has 0 bridgehead atoms. The monoisotopic (exact) mass is 439 g/mol. The van der Waals surface area contributed by atoms with E-state index in [1.165, 1.54) is 19.1 Å². The molecular formula is C21H33N3O5S. The summed E-state index contributed by atoms with van der Waals surface area (Å²) in [6, 6.07) is 5.70. The van der Waals surface area contributed by atoms with Crippen LogP contribution in [0.25, 0.3) is 0 Å². The molecule has 0 unspecified atom stereocenters. The van der Waals surface area contributed by atoms with Crippen LogP contribution in [-0.4, -0.2) is 65.9 Å². The van der Waals surface area contributed by atoms with Gasteiger partial charge in [-0.1, -0.05) is 0 Å². The van der Waals surface area contributed by atoms with Crippen LogP contribution in [0.2, 0.25) is 0 Å². The first-order valence-corrected chi connectivity index (χ1v) is 12.8. The number of sulfone groups is 1. The van der Waals surface area contributed by atoms with Gasteiger partial charge >= 0.3 is 0 Å². The van der Waals surface area contributed by atoms with Crippen molar-refractivity contribution in [2.75, 3.05) is 56.8 Å². The number of nitrogens with one attached hydrogen (secondary N) is 2. The molecule has 1 fully saturated rings. The van der Waals surface area contributed by atoms with Crippen LogP contribution in [0.3, 0.4) is 0 Å². The summed E-state index contributed by atoms with van der Waals surface area (Å²) in [7, 11) is -2.98. The van der Waals surface area contributed by atoms with Gasteiger partial charge in [0.2, 0.25) is 0 Å². The highest BCUT2D eigenvalue weighted by molar-refractivity contribution is 7.90. The van der Waals surface area contributed by atoms with Crippen molar-refractivity contribution < 1.29 is 22.6 Å². The predicted molar refractivity (Wildman–Crippen MR) is 118 cm³/mol. The molecule has 3 rings (SSSR count). The Balaban J connectivity index is 1.52. The highest BCUT2D eigenvalue weighted by atomic mass is 32.2. The molecule has 0 aromatic heterocycles. The van der Waals surface area contributed by atoms with E-state index in [9.17, 15) is 8.42 Å². The fraction of sp³-hybridized carbons (Fsp3) is 0.667. The Labute approximate surface area is 179 Å². The van der Waals surface area contributed by atoms with Gasteiger partial charge in [0.05, 0.1) is 19.0 Å². The van der Waals surface area contributed by atoms with Gasteiger partial charge in [-0.05, 0) is 43.7 Å². The third-order valence-corrected chi connectivity index (χ3v) is 5.79. The van der Waals surface area contributed by atoms with Crippen LogP contribution in [0.1, 0.15) is 32.1 Å². The molecule has 0 atom stereocenters. The highest BCUT2D eigenvalue weighted by Gasteiger charge is 2.20. The Kier molecular flexibility index (Phi) is 8.62. The first kappa shape index (κ1) is 22.7. The molecule has 2 N–H and O–H groups in total. The van der Waals surface area contributed by atoms with Gasteiger partial charge in [-0.15, -0.1) is 0 Å². The van der Waals surface area contributed by atoms with Crippen molar-refractivity contribution in [3.63, 3.8) is 0 Å². The molecule has 1 aromatic rings. The van der Waals surface area contributed by atoms with Crippen molar-refractivity contribution in [1.82, 2.24) is 5.32 Å². The molecule has 0 saturated heterocycles. The van der Waals surface area contributed by atoms with Crippen LogP contribution in [0.15, 0.2) is 23.2 Å². The number of guanidine groups is 1. The summed E-state index contributed by atoms with van der Waals surface area (Å²) in [5.41, 5.74) is 0.832. The molecule has 9 heteroatoms. The third-order valence-electron chi connectivity index (χ3n) is 4.76. The van der Waals surface area contributed by atoms with Gasteiger partial charge in [0, 0.05) is 50.7 Å². The summed E-state index contributed by atoms with van der Waals surface area (Å²) in [4.78, 5) is 4.53. The molecule has 0 amide bonds.